The Bertz CT molecular complexity index is 1650. The van der Waals surface area contributed by atoms with E-state index in [0.717, 1.165) is 6.20 Å². The lowest BCUT2D eigenvalue weighted by molar-refractivity contribution is -0.140. The Labute approximate surface area is 242 Å². The Morgan fingerprint density at radius 1 is 1.12 bits per heavy atom. The molecule has 2 atom stereocenters. The van der Waals surface area contributed by atoms with Crippen LogP contribution in [-0.4, -0.2) is 91.0 Å². The number of H-pyrrole nitrogens is 1. The van der Waals surface area contributed by atoms with Gasteiger partial charge in [-0.05, 0) is 24.6 Å². The predicted octanol–water partition coefficient (Wildman–Crippen LogP) is 2.51. The van der Waals surface area contributed by atoms with E-state index in [0.29, 0.717) is 50.4 Å². The number of fused-ring (bicyclic) bond motifs is 1. The molecule has 4 aromatic rings. The van der Waals surface area contributed by atoms with Gasteiger partial charge in [0.1, 0.15) is 0 Å². The summed E-state index contributed by atoms with van der Waals surface area (Å²) in [4.78, 5) is 37.9. The second-order valence-electron chi connectivity index (χ2n) is 10.2. The van der Waals surface area contributed by atoms with Crippen LogP contribution in [0.2, 0.25) is 5.02 Å². The molecule has 1 aromatic carbocycles. The van der Waals surface area contributed by atoms with Crippen molar-refractivity contribution in [2.75, 3.05) is 38.0 Å². The molecule has 0 aliphatic carbocycles. The highest BCUT2D eigenvalue weighted by atomic mass is 35.5. The van der Waals surface area contributed by atoms with E-state index >= 15 is 0 Å². The van der Waals surface area contributed by atoms with Crippen LogP contribution in [0.4, 0.5) is 24.7 Å². The van der Waals surface area contributed by atoms with E-state index in [4.69, 9.17) is 17.3 Å². The van der Waals surface area contributed by atoms with E-state index in [1.807, 2.05) is 0 Å². The molecule has 2 aliphatic rings. The summed E-state index contributed by atoms with van der Waals surface area (Å²) in [5.41, 5.74) is 5.96. The smallest absolute Gasteiger partial charge is 0.338 e. The molecule has 0 spiro atoms. The third kappa shape index (κ3) is 5.26. The largest absolute Gasteiger partial charge is 0.435 e. The zero-order chi connectivity index (χ0) is 29.6. The molecule has 2 fully saturated rings. The molecule has 6 rings (SSSR count). The number of carbonyl (C=O) groups is 2. The molecule has 0 unspecified atom stereocenters. The van der Waals surface area contributed by atoms with Crippen molar-refractivity contribution in [1.82, 2.24) is 39.7 Å². The maximum absolute atomic E-state index is 13.4. The van der Waals surface area contributed by atoms with Crippen LogP contribution in [0.5, 0.6) is 0 Å². The molecule has 2 aliphatic heterocycles. The molecule has 5 N–H and O–H groups in total. The molecular formula is C26H26ClF3N10O2. The molecule has 12 nitrogen and oxygen atoms in total. The molecule has 5 heterocycles. The van der Waals surface area contributed by atoms with Gasteiger partial charge in [-0.3, -0.25) is 19.1 Å². The fourth-order valence-corrected chi connectivity index (χ4v) is 5.54. The summed E-state index contributed by atoms with van der Waals surface area (Å²) in [6.45, 7) is 2.20. The number of piperazine rings is 1. The summed E-state index contributed by atoms with van der Waals surface area (Å²) in [5, 5.41) is 12.0. The average molecular weight is 603 g/mol. The van der Waals surface area contributed by atoms with Crippen molar-refractivity contribution in [3.05, 3.63) is 59.3 Å². The van der Waals surface area contributed by atoms with Crippen molar-refractivity contribution in [1.29, 1.82) is 0 Å². The normalized spacial score (nSPS) is 19.5. The summed E-state index contributed by atoms with van der Waals surface area (Å²) in [7, 11) is 0. The zero-order valence-corrected chi connectivity index (χ0v) is 22.8. The van der Waals surface area contributed by atoms with Crippen LogP contribution >= 0.6 is 11.6 Å². The van der Waals surface area contributed by atoms with Crippen molar-refractivity contribution in [2.45, 2.75) is 24.7 Å². The molecule has 2 saturated heterocycles. The van der Waals surface area contributed by atoms with Gasteiger partial charge in [0.2, 0.25) is 5.91 Å². The van der Waals surface area contributed by atoms with Crippen LogP contribution in [-0.2, 0) is 11.0 Å². The van der Waals surface area contributed by atoms with Gasteiger partial charge in [-0.1, -0.05) is 11.6 Å². The molecule has 0 bridgehead atoms. The van der Waals surface area contributed by atoms with Crippen molar-refractivity contribution in [3.8, 4) is 11.3 Å². The van der Waals surface area contributed by atoms with Crippen LogP contribution in [0.25, 0.3) is 16.9 Å². The second-order valence-corrected chi connectivity index (χ2v) is 10.6. The number of nitrogens with one attached hydrogen (secondary N) is 3. The van der Waals surface area contributed by atoms with Crippen molar-refractivity contribution >= 4 is 40.6 Å². The number of carbonyl (C=O) groups excluding carboxylic acids is 2. The van der Waals surface area contributed by atoms with Crippen molar-refractivity contribution < 1.29 is 22.8 Å². The highest BCUT2D eigenvalue weighted by molar-refractivity contribution is 6.34. The quantitative estimate of drug-likeness (QED) is 0.272. The molecule has 220 valence electrons. The number of halogens is 4. The first kappa shape index (κ1) is 27.9. The molecule has 2 amide bonds. The maximum atomic E-state index is 13.4. The SMILES string of the molecule is N[C@@H]1CN[C@@H](C(=O)N2CCN(C(=O)c3ccc(Nc4nccn5c(-c6c[nH]nc6C(F)(F)F)cnc45)cc3Cl)CC2)C1. The second kappa shape index (κ2) is 10.9. The highest BCUT2D eigenvalue weighted by Gasteiger charge is 2.37. The lowest BCUT2D eigenvalue weighted by atomic mass is 10.1. The number of nitrogens with zero attached hydrogens (tertiary/aromatic N) is 6. The number of alkyl halides is 3. The number of amides is 2. The van der Waals surface area contributed by atoms with Gasteiger partial charge in [-0.15, -0.1) is 0 Å². The Kier molecular flexibility index (Phi) is 7.24. The summed E-state index contributed by atoms with van der Waals surface area (Å²) < 4.78 is 41.7. The minimum Gasteiger partial charge on any atom is -0.338 e. The number of anilines is 2. The van der Waals surface area contributed by atoms with Gasteiger partial charge in [-0.2, -0.15) is 18.3 Å². The number of rotatable bonds is 5. The third-order valence-electron chi connectivity index (χ3n) is 7.42. The molecule has 16 heteroatoms. The monoisotopic (exact) mass is 602 g/mol. The third-order valence-corrected chi connectivity index (χ3v) is 7.73. The first-order valence-corrected chi connectivity index (χ1v) is 13.5. The van der Waals surface area contributed by atoms with Crippen molar-refractivity contribution in [3.63, 3.8) is 0 Å². The number of hydrogen-bond acceptors (Lipinski definition) is 8. The minimum atomic E-state index is -4.64. The van der Waals surface area contributed by atoms with Gasteiger partial charge >= 0.3 is 6.18 Å². The van der Waals surface area contributed by atoms with E-state index in [1.165, 1.54) is 23.0 Å². The number of aromatic amines is 1. The summed E-state index contributed by atoms with van der Waals surface area (Å²) in [6.07, 6.45) is 1.35. The van der Waals surface area contributed by atoms with Crippen LogP contribution < -0.4 is 16.4 Å². The standard InChI is InChI=1S/C26H26ClF3N10O2/c27-18-10-15(1-2-16(18)24(41)38-5-7-39(8-6-38)25(42)19-9-14(31)11-33-19)36-22-23-34-13-20(40(23)4-3-32-22)17-12-35-37-21(17)26(28,29)30/h1-4,10,12-14,19,33H,5-9,11,31H2,(H,32,36)(H,35,37)/t14-,19+/m0/s1. The maximum Gasteiger partial charge on any atom is 0.435 e. The van der Waals surface area contributed by atoms with E-state index in [1.54, 1.807) is 28.0 Å². The van der Waals surface area contributed by atoms with Gasteiger partial charge in [0.15, 0.2) is 17.2 Å². The van der Waals surface area contributed by atoms with E-state index in [9.17, 15) is 22.8 Å². The summed E-state index contributed by atoms with van der Waals surface area (Å²) in [5.74, 6) is 0.0232. The minimum absolute atomic E-state index is 0.00212. The number of nitrogens with two attached hydrogens (primary N) is 1. The Morgan fingerprint density at radius 3 is 2.57 bits per heavy atom. The van der Waals surface area contributed by atoms with Gasteiger partial charge in [0, 0.05) is 63.0 Å². The van der Waals surface area contributed by atoms with Crippen LogP contribution in [0.15, 0.2) is 43.0 Å². The van der Waals surface area contributed by atoms with Gasteiger partial charge in [-0.25, -0.2) is 9.97 Å². The van der Waals surface area contributed by atoms with E-state index in [2.05, 4.69) is 30.8 Å². The van der Waals surface area contributed by atoms with Gasteiger partial charge < -0.3 is 26.2 Å². The summed E-state index contributed by atoms with van der Waals surface area (Å²) >= 11 is 6.51. The molecule has 0 saturated carbocycles. The van der Waals surface area contributed by atoms with E-state index < -0.39 is 11.9 Å². The highest BCUT2D eigenvalue weighted by Crippen LogP contribution is 2.36. The van der Waals surface area contributed by atoms with E-state index in [-0.39, 0.29) is 51.6 Å². The average Bonchev–Trinajstić information content (AvgIpc) is 3.72. The Morgan fingerprint density at radius 2 is 1.88 bits per heavy atom. The summed E-state index contributed by atoms with van der Waals surface area (Å²) in [6, 6.07) is 4.49. The Hall–Kier alpha value is -4.21. The zero-order valence-electron chi connectivity index (χ0n) is 22.0. The number of aromatic nitrogens is 5. The number of benzene rings is 1. The first-order chi connectivity index (χ1) is 20.1. The molecular weight excluding hydrogens is 577 g/mol. The fraction of sp³-hybridized carbons (Fsp3) is 0.346. The number of hydrogen-bond donors (Lipinski definition) is 4. The van der Waals surface area contributed by atoms with Crippen LogP contribution in [0, 0.1) is 0 Å². The molecule has 0 radical (unpaired) electrons. The Balaban J connectivity index is 1.15. The van der Waals surface area contributed by atoms with Gasteiger partial charge in [0.05, 0.1) is 34.1 Å². The fourth-order valence-electron chi connectivity index (χ4n) is 5.28. The molecule has 42 heavy (non-hydrogen) atoms. The van der Waals surface area contributed by atoms with Crippen LogP contribution in [0.1, 0.15) is 22.5 Å². The predicted molar refractivity (Wildman–Crippen MR) is 147 cm³/mol. The van der Waals surface area contributed by atoms with Crippen LogP contribution in [0.3, 0.4) is 0 Å². The van der Waals surface area contributed by atoms with Gasteiger partial charge in [0.25, 0.3) is 5.91 Å². The topological polar surface area (TPSA) is 150 Å². The van der Waals surface area contributed by atoms with Crippen molar-refractivity contribution in [2.24, 2.45) is 5.73 Å². The molecule has 3 aromatic heterocycles. The lowest BCUT2D eigenvalue weighted by Crippen LogP contribution is -2.54. The first-order valence-electron chi connectivity index (χ1n) is 13.2. The number of imidazole rings is 1. The lowest BCUT2D eigenvalue weighted by Gasteiger charge is -2.36.